The van der Waals surface area contributed by atoms with Gasteiger partial charge < -0.3 is 5.32 Å². The summed E-state index contributed by atoms with van der Waals surface area (Å²) in [5.41, 5.74) is 0.209. The summed E-state index contributed by atoms with van der Waals surface area (Å²) in [5, 5.41) is 2.81. The summed E-state index contributed by atoms with van der Waals surface area (Å²) in [6.07, 6.45) is 0.314. The van der Waals surface area contributed by atoms with E-state index in [1.807, 2.05) is 13.8 Å². The van der Waals surface area contributed by atoms with Gasteiger partial charge >= 0.3 is 5.69 Å². The number of nitrogens with one attached hydrogen (secondary N) is 2. The Kier molecular flexibility index (Phi) is 5.91. The van der Waals surface area contributed by atoms with E-state index in [-0.39, 0.29) is 34.9 Å². The maximum absolute atomic E-state index is 13.8. The number of carbonyl (C=O) groups excluding carboxylic acids is 1. The fourth-order valence-corrected chi connectivity index (χ4v) is 3.17. The van der Waals surface area contributed by atoms with E-state index < -0.39 is 17.2 Å². The van der Waals surface area contributed by atoms with E-state index in [4.69, 9.17) is 0 Å². The molecule has 1 amide bonds. The van der Waals surface area contributed by atoms with Crippen LogP contribution >= 0.6 is 0 Å². The molecule has 3 aromatic rings. The van der Waals surface area contributed by atoms with Crippen LogP contribution < -0.4 is 16.6 Å². The van der Waals surface area contributed by atoms with Crippen LogP contribution in [-0.2, 0) is 13.0 Å². The number of carbonyl (C=O) groups is 1. The van der Waals surface area contributed by atoms with E-state index in [1.165, 1.54) is 10.6 Å². The van der Waals surface area contributed by atoms with E-state index in [0.717, 1.165) is 0 Å². The third-order valence-electron chi connectivity index (χ3n) is 4.76. The fourth-order valence-electron chi connectivity index (χ4n) is 3.17. The lowest BCUT2D eigenvalue weighted by atomic mass is 10.0. The molecule has 0 unspecified atom stereocenters. The second-order valence-electron chi connectivity index (χ2n) is 7.05. The van der Waals surface area contributed by atoms with Crippen molar-refractivity contribution >= 4 is 16.9 Å². The van der Waals surface area contributed by atoms with Gasteiger partial charge in [-0.1, -0.05) is 32.0 Å². The monoisotopic (exact) mass is 398 g/mol. The number of fused-ring (bicyclic) bond motifs is 1. The van der Waals surface area contributed by atoms with Crippen molar-refractivity contribution in [1.29, 1.82) is 0 Å². The summed E-state index contributed by atoms with van der Waals surface area (Å²) in [6.45, 7) is 6.09. The normalized spacial score (nSPS) is 11.2. The van der Waals surface area contributed by atoms with Crippen molar-refractivity contribution in [2.45, 2.75) is 39.7 Å². The number of aromatic amines is 1. The molecular weight excluding hydrogens is 375 g/mol. The average molecular weight is 398 g/mol. The Morgan fingerprint density at radius 3 is 2.66 bits per heavy atom. The maximum atomic E-state index is 13.8. The largest absolute Gasteiger partial charge is 0.352 e. The minimum Gasteiger partial charge on any atom is -0.352 e. The van der Waals surface area contributed by atoms with Crippen molar-refractivity contribution in [3.05, 3.63) is 73.8 Å². The Labute approximate surface area is 166 Å². The number of aromatic nitrogens is 3. The average Bonchev–Trinajstić information content (AvgIpc) is 2.68. The van der Waals surface area contributed by atoms with Crippen LogP contribution in [0.25, 0.3) is 11.0 Å². The number of benzene rings is 1. The Morgan fingerprint density at radius 2 is 2.00 bits per heavy atom. The molecule has 29 heavy (non-hydrogen) atoms. The lowest BCUT2D eigenvalue weighted by Gasteiger charge is -2.14. The molecule has 2 heterocycles. The molecule has 3 rings (SSSR count). The zero-order valence-corrected chi connectivity index (χ0v) is 16.6. The molecule has 1 aromatic carbocycles. The van der Waals surface area contributed by atoms with E-state index in [0.29, 0.717) is 24.2 Å². The second kappa shape index (κ2) is 8.38. The van der Waals surface area contributed by atoms with Gasteiger partial charge in [0.1, 0.15) is 5.82 Å². The number of rotatable bonds is 6. The Balaban J connectivity index is 2.01. The standard InChI is InChI=1S/C21H23FN4O3/c1-4-26-18-17(20(28)25-21(26)29)14(11-16(24-18)12(2)3)19(27)23-10-9-13-7-5-6-8-15(13)22/h5-8,11-12H,4,9-10H2,1-3H3,(H,23,27)(H,25,28,29). The molecule has 152 valence electrons. The number of H-pyrrole nitrogens is 1. The van der Waals surface area contributed by atoms with Crippen LogP contribution in [0, 0.1) is 5.82 Å². The Hall–Kier alpha value is -3.29. The molecule has 0 spiro atoms. The third kappa shape index (κ3) is 4.11. The van der Waals surface area contributed by atoms with Crippen molar-refractivity contribution in [1.82, 2.24) is 19.9 Å². The zero-order chi connectivity index (χ0) is 21.1. The summed E-state index contributed by atoms with van der Waals surface area (Å²) in [6, 6.07) is 7.94. The highest BCUT2D eigenvalue weighted by Gasteiger charge is 2.20. The van der Waals surface area contributed by atoms with Crippen molar-refractivity contribution in [3.63, 3.8) is 0 Å². The van der Waals surface area contributed by atoms with E-state index in [9.17, 15) is 18.8 Å². The summed E-state index contributed by atoms with van der Waals surface area (Å²) >= 11 is 0. The van der Waals surface area contributed by atoms with Crippen molar-refractivity contribution in [2.24, 2.45) is 0 Å². The predicted molar refractivity (Wildman–Crippen MR) is 109 cm³/mol. The first-order valence-corrected chi connectivity index (χ1v) is 9.52. The van der Waals surface area contributed by atoms with Crippen molar-refractivity contribution < 1.29 is 9.18 Å². The van der Waals surface area contributed by atoms with Crippen molar-refractivity contribution in [2.75, 3.05) is 6.54 Å². The lowest BCUT2D eigenvalue weighted by molar-refractivity contribution is 0.0955. The van der Waals surface area contributed by atoms with E-state index in [2.05, 4.69) is 15.3 Å². The number of hydrogen-bond acceptors (Lipinski definition) is 4. The number of pyridine rings is 1. The number of halogens is 1. The lowest BCUT2D eigenvalue weighted by Crippen LogP contribution is -2.33. The smallest absolute Gasteiger partial charge is 0.329 e. The highest BCUT2D eigenvalue weighted by Crippen LogP contribution is 2.19. The van der Waals surface area contributed by atoms with E-state index >= 15 is 0 Å². The van der Waals surface area contributed by atoms with Gasteiger partial charge in [0, 0.05) is 18.8 Å². The molecule has 0 radical (unpaired) electrons. The summed E-state index contributed by atoms with van der Waals surface area (Å²) in [7, 11) is 0. The van der Waals surface area contributed by atoms with Gasteiger partial charge in [0.25, 0.3) is 11.5 Å². The van der Waals surface area contributed by atoms with Crippen LogP contribution in [0.15, 0.2) is 39.9 Å². The molecule has 2 aromatic heterocycles. The topological polar surface area (TPSA) is 96.9 Å². The van der Waals surface area contributed by atoms with E-state index in [1.54, 1.807) is 31.2 Å². The molecule has 0 atom stereocenters. The molecule has 0 fully saturated rings. The van der Waals surface area contributed by atoms with Crippen LogP contribution in [0.2, 0.25) is 0 Å². The molecule has 2 N–H and O–H groups in total. The molecule has 0 aliphatic rings. The Morgan fingerprint density at radius 1 is 1.28 bits per heavy atom. The molecule has 0 saturated heterocycles. The van der Waals surface area contributed by atoms with Crippen LogP contribution in [0.4, 0.5) is 4.39 Å². The van der Waals surface area contributed by atoms with Crippen LogP contribution in [0.3, 0.4) is 0 Å². The molecule has 8 heteroatoms. The molecule has 7 nitrogen and oxygen atoms in total. The van der Waals surface area contributed by atoms with Gasteiger partial charge in [-0.3, -0.25) is 19.1 Å². The summed E-state index contributed by atoms with van der Waals surface area (Å²) in [4.78, 5) is 44.2. The van der Waals surface area contributed by atoms with Gasteiger partial charge in [0.05, 0.1) is 10.9 Å². The van der Waals surface area contributed by atoms with Crippen LogP contribution in [-0.4, -0.2) is 27.0 Å². The minimum atomic E-state index is -0.656. The number of amides is 1. The number of nitrogens with zero attached hydrogens (tertiary/aromatic N) is 2. The molecule has 0 bridgehead atoms. The third-order valence-corrected chi connectivity index (χ3v) is 4.76. The van der Waals surface area contributed by atoms with Crippen LogP contribution in [0.1, 0.15) is 48.3 Å². The number of hydrogen-bond donors (Lipinski definition) is 2. The first-order valence-electron chi connectivity index (χ1n) is 9.52. The predicted octanol–water partition coefficient (Wildman–Crippen LogP) is 2.34. The quantitative estimate of drug-likeness (QED) is 0.666. The highest BCUT2D eigenvalue weighted by molar-refractivity contribution is 6.05. The molecule has 0 aliphatic heterocycles. The SMILES string of the molecule is CCn1c(=O)[nH]c(=O)c2c(C(=O)NCCc3ccccc3F)cc(C(C)C)nc21. The summed E-state index contributed by atoms with van der Waals surface area (Å²) in [5.74, 6) is -0.812. The first-order chi connectivity index (χ1) is 13.8. The molecular formula is C21H23FN4O3. The Bertz CT molecular complexity index is 1180. The highest BCUT2D eigenvalue weighted by atomic mass is 19.1. The molecule has 0 aliphatic carbocycles. The second-order valence-corrected chi connectivity index (χ2v) is 7.05. The number of aryl methyl sites for hydroxylation is 1. The minimum absolute atomic E-state index is 0.0101. The van der Waals surface area contributed by atoms with Gasteiger partial charge in [-0.25, -0.2) is 14.2 Å². The molecule has 0 saturated carbocycles. The van der Waals surface area contributed by atoms with Crippen molar-refractivity contribution in [3.8, 4) is 0 Å². The fraction of sp³-hybridized carbons (Fsp3) is 0.333. The maximum Gasteiger partial charge on any atom is 0.329 e. The van der Waals surface area contributed by atoms with Gasteiger partial charge in [0.15, 0.2) is 5.65 Å². The zero-order valence-electron chi connectivity index (χ0n) is 16.6. The van der Waals surface area contributed by atoms with Crippen LogP contribution in [0.5, 0.6) is 0 Å². The van der Waals surface area contributed by atoms with Gasteiger partial charge in [-0.05, 0) is 37.0 Å². The first kappa shape index (κ1) is 20.4. The summed E-state index contributed by atoms with van der Waals surface area (Å²) < 4.78 is 15.1. The van der Waals surface area contributed by atoms with Gasteiger partial charge in [-0.2, -0.15) is 0 Å². The van der Waals surface area contributed by atoms with Gasteiger partial charge in [0.2, 0.25) is 0 Å². The van der Waals surface area contributed by atoms with Gasteiger partial charge in [-0.15, -0.1) is 0 Å².